The van der Waals surface area contributed by atoms with Crippen molar-refractivity contribution < 1.29 is 14.7 Å². The number of amides is 2. The summed E-state index contributed by atoms with van der Waals surface area (Å²) in [6.45, 7) is 0. The van der Waals surface area contributed by atoms with Crippen molar-refractivity contribution in [2.45, 2.75) is 12.8 Å². The Morgan fingerprint density at radius 2 is 1.62 bits per heavy atom. The maximum atomic E-state index is 12.8. The zero-order valence-corrected chi connectivity index (χ0v) is 14.1. The van der Waals surface area contributed by atoms with Crippen LogP contribution in [0, 0.1) is 23.7 Å². The Hall–Kier alpha value is -2.95. The van der Waals surface area contributed by atoms with Crippen LogP contribution in [0.15, 0.2) is 53.7 Å². The number of benzene rings is 2. The van der Waals surface area contributed by atoms with Crippen LogP contribution < -0.4 is 0 Å². The summed E-state index contributed by atoms with van der Waals surface area (Å²) in [5, 5.41) is 17.2. The Morgan fingerprint density at radius 3 is 2.27 bits per heavy atom. The second kappa shape index (κ2) is 5.53. The third-order valence-electron chi connectivity index (χ3n) is 5.99. The standard InChI is InChI=1S/C21H18N2O3/c24-17-10-9-12-3-1-2-4-15(12)16(17)11-22-23-20(25)18-13-5-6-14(8-7-13)19(18)21(23)26/h1-6,9-11,13-14,18-19,24H,7-8H2/b22-11-/t13-,14-,18+,19+/m0/s1. The molecule has 26 heavy (non-hydrogen) atoms. The number of allylic oxidation sites excluding steroid dienone is 2. The van der Waals surface area contributed by atoms with Crippen molar-refractivity contribution in [1.82, 2.24) is 5.01 Å². The van der Waals surface area contributed by atoms with Crippen LogP contribution in [0.3, 0.4) is 0 Å². The fourth-order valence-electron chi connectivity index (χ4n) is 4.71. The number of rotatable bonds is 2. The van der Waals surface area contributed by atoms with Crippen molar-refractivity contribution in [2.24, 2.45) is 28.8 Å². The second-order valence-electron chi connectivity index (χ2n) is 7.29. The highest BCUT2D eigenvalue weighted by atomic mass is 16.3. The maximum absolute atomic E-state index is 12.8. The van der Waals surface area contributed by atoms with Gasteiger partial charge < -0.3 is 5.11 Å². The Labute approximate surface area is 150 Å². The monoisotopic (exact) mass is 346 g/mol. The number of carbonyl (C=O) groups is 2. The molecule has 2 bridgehead atoms. The molecule has 1 saturated heterocycles. The van der Waals surface area contributed by atoms with Crippen LogP contribution in [0.2, 0.25) is 0 Å². The number of phenols is 1. The Kier molecular flexibility index (Phi) is 3.26. The number of nitrogens with zero attached hydrogens (tertiary/aromatic N) is 2. The van der Waals surface area contributed by atoms with Crippen molar-refractivity contribution in [3.05, 3.63) is 54.1 Å². The van der Waals surface area contributed by atoms with Crippen LogP contribution in [0.1, 0.15) is 18.4 Å². The maximum Gasteiger partial charge on any atom is 0.254 e. The van der Waals surface area contributed by atoms with Gasteiger partial charge in [0.1, 0.15) is 5.75 Å². The van der Waals surface area contributed by atoms with E-state index in [1.807, 2.05) is 30.3 Å². The summed E-state index contributed by atoms with van der Waals surface area (Å²) in [6.07, 6.45) is 7.53. The second-order valence-corrected chi connectivity index (χ2v) is 7.29. The molecule has 1 N–H and O–H groups in total. The van der Waals surface area contributed by atoms with E-state index in [-0.39, 0.29) is 41.2 Å². The van der Waals surface area contributed by atoms with Gasteiger partial charge in [-0.05, 0) is 41.5 Å². The number of aromatic hydroxyl groups is 1. The molecule has 0 aromatic heterocycles. The topological polar surface area (TPSA) is 70.0 Å². The van der Waals surface area contributed by atoms with Crippen LogP contribution in [-0.4, -0.2) is 28.1 Å². The van der Waals surface area contributed by atoms with Gasteiger partial charge in [-0.25, -0.2) is 0 Å². The van der Waals surface area contributed by atoms with Crippen molar-refractivity contribution in [3.8, 4) is 5.75 Å². The number of hydrogen-bond donors (Lipinski definition) is 1. The average molecular weight is 346 g/mol. The van der Waals surface area contributed by atoms with E-state index in [1.165, 1.54) is 6.21 Å². The molecule has 2 fully saturated rings. The minimum atomic E-state index is -0.274. The van der Waals surface area contributed by atoms with Crippen molar-refractivity contribution in [1.29, 1.82) is 0 Å². The molecular formula is C21H18N2O3. The first kappa shape index (κ1) is 15.3. The molecule has 2 aromatic rings. The number of hydrazone groups is 1. The number of carbonyl (C=O) groups excluding carboxylic acids is 2. The van der Waals surface area contributed by atoms with Crippen molar-refractivity contribution >= 4 is 28.8 Å². The van der Waals surface area contributed by atoms with E-state index >= 15 is 0 Å². The highest BCUT2D eigenvalue weighted by Gasteiger charge is 2.56. The SMILES string of the molecule is O=C1[C@H]2[C@H](C(=O)N1/N=C\c1c(O)ccc3ccccc13)[C@H]1C=C[C@H]2CC1. The summed E-state index contributed by atoms with van der Waals surface area (Å²) in [4.78, 5) is 25.6. The van der Waals surface area contributed by atoms with Gasteiger partial charge >= 0.3 is 0 Å². The van der Waals surface area contributed by atoms with Gasteiger partial charge in [0.15, 0.2) is 0 Å². The lowest BCUT2D eigenvalue weighted by atomic mass is 9.63. The normalized spacial score (nSPS) is 29.9. The third-order valence-corrected chi connectivity index (χ3v) is 5.99. The van der Waals surface area contributed by atoms with E-state index in [9.17, 15) is 14.7 Å². The predicted octanol–water partition coefficient (Wildman–Crippen LogP) is 3.08. The van der Waals surface area contributed by atoms with Crippen LogP contribution in [0.5, 0.6) is 5.75 Å². The van der Waals surface area contributed by atoms with Crippen molar-refractivity contribution in [2.75, 3.05) is 0 Å². The highest BCUT2D eigenvalue weighted by Crippen LogP contribution is 2.49. The van der Waals surface area contributed by atoms with E-state index in [4.69, 9.17) is 0 Å². The van der Waals surface area contributed by atoms with Gasteiger partial charge in [0.2, 0.25) is 0 Å². The molecule has 6 rings (SSSR count). The first-order valence-corrected chi connectivity index (χ1v) is 8.96. The molecule has 5 heteroatoms. The molecule has 3 aliphatic carbocycles. The quantitative estimate of drug-likeness (QED) is 0.516. The Bertz CT molecular complexity index is 962. The van der Waals surface area contributed by atoms with Crippen LogP contribution >= 0.6 is 0 Å². The smallest absolute Gasteiger partial charge is 0.254 e. The van der Waals surface area contributed by atoms with Gasteiger partial charge in [-0.15, -0.1) is 0 Å². The zero-order chi connectivity index (χ0) is 17.8. The minimum Gasteiger partial charge on any atom is -0.507 e. The summed E-state index contributed by atoms with van der Waals surface area (Å²) >= 11 is 0. The molecule has 1 aliphatic heterocycles. The lowest BCUT2D eigenvalue weighted by Crippen LogP contribution is -2.38. The number of hydrogen-bond acceptors (Lipinski definition) is 4. The third kappa shape index (κ3) is 2.06. The molecule has 0 unspecified atom stereocenters. The fourth-order valence-corrected chi connectivity index (χ4v) is 4.71. The largest absolute Gasteiger partial charge is 0.507 e. The Morgan fingerprint density at radius 1 is 0.962 bits per heavy atom. The van der Waals surface area contributed by atoms with Gasteiger partial charge in [0, 0.05) is 5.56 Å². The van der Waals surface area contributed by atoms with Crippen molar-refractivity contribution in [3.63, 3.8) is 0 Å². The first-order valence-electron chi connectivity index (χ1n) is 8.96. The molecule has 2 amide bonds. The summed E-state index contributed by atoms with van der Waals surface area (Å²) in [7, 11) is 0. The van der Waals surface area contributed by atoms with E-state index in [0.717, 1.165) is 28.6 Å². The Balaban J connectivity index is 1.52. The van der Waals surface area contributed by atoms with Crippen LogP contribution in [0.4, 0.5) is 0 Å². The van der Waals surface area contributed by atoms with Gasteiger partial charge in [0.05, 0.1) is 18.1 Å². The molecule has 1 heterocycles. The van der Waals surface area contributed by atoms with Gasteiger partial charge in [-0.3, -0.25) is 9.59 Å². The summed E-state index contributed by atoms with van der Waals surface area (Å²) in [6, 6.07) is 11.0. The van der Waals surface area contributed by atoms with Crippen LogP contribution in [0.25, 0.3) is 10.8 Å². The van der Waals surface area contributed by atoms with Gasteiger partial charge in [0.25, 0.3) is 11.8 Å². The number of imide groups is 1. The number of fused-ring (bicyclic) bond motifs is 2. The first-order chi connectivity index (χ1) is 12.6. The molecular weight excluding hydrogens is 328 g/mol. The molecule has 5 nitrogen and oxygen atoms in total. The van der Waals surface area contributed by atoms with E-state index in [2.05, 4.69) is 17.3 Å². The minimum absolute atomic E-state index is 0.0747. The van der Waals surface area contributed by atoms with Gasteiger partial charge in [-0.1, -0.05) is 42.5 Å². The average Bonchev–Trinajstić information content (AvgIpc) is 2.95. The lowest BCUT2D eigenvalue weighted by Gasteiger charge is -2.37. The van der Waals surface area contributed by atoms with E-state index < -0.39 is 0 Å². The molecule has 0 spiro atoms. The van der Waals surface area contributed by atoms with E-state index in [0.29, 0.717) is 5.56 Å². The molecule has 4 aliphatic rings. The molecule has 4 atom stereocenters. The predicted molar refractivity (Wildman–Crippen MR) is 97.4 cm³/mol. The molecule has 2 aromatic carbocycles. The highest BCUT2D eigenvalue weighted by molar-refractivity contribution is 6.08. The summed E-state index contributed by atoms with van der Waals surface area (Å²) < 4.78 is 0. The summed E-state index contributed by atoms with van der Waals surface area (Å²) in [5.41, 5.74) is 0.514. The zero-order valence-electron chi connectivity index (χ0n) is 14.1. The molecule has 1 saturated carbocycles. The van der Waals surface area contributed by atoms with Crippen LogP contribution in [-0.2, 0) is 9.59 Å². The number of phenolic OH excluding ortho intramolecular Hbond substituents is 1. The molecule has 0 radical (unpaired) electrons. The van der Waals surface area contributed by atoms with E-state index in [1.54, 1.807) is 6.07 Å². The van der Waals surface area contributed by atoms with Gasteiger partial charge in [-0.2, -0.15) is 10.1 Å². The lowest BCUT2D eigenvalue weighted by molar-refractivity contribution is -0.140. The fraction of sp³-hybridized carbons (Fsp3) is 0.286. The summed E-state index contributed by atoms with van der Waals surface area (Å²) in [5.74, 6) is -0.606. The molecule has 130 valence electrons.